The molecule has 2 N–H and O–H groups in total. The van der Waals surface area contributed by atoms with Gasteiger partial charge in [-0.1, -0.05) is 0 Å². The molecular weight excluding hydrogens is 180 g/mol. The Morgan fingerprint density at radius 1 is 1.57 bits per heavy atom. The van der Waals surface area contributed by atoms with E-state index in [0.717, 1.165) is 19.4 Å². The molecule has 1 saturated heterocycles. The second-order valence-electron chi connectivity index (χ2n) is 4.69. The van der Waals surface area contributed by atoms with Crippen LogP contribution in [0.2, 0.25) is 0 Å². The Balaban J connectivity index is 2.38. The summed E-state index contributed by atoms with van der Waals surface area (Å²) in [4.78, 5) is 13.4. The predicted octanol–water partition coefficient (Wildman–Crippen LogP) is 1.34. The molecule has 1 unspecified atom stereocenters. The van der Waals surface area contributed by atoms with Crippen LogP contribution < -0.4 is 5.73 Å². The van der Waals surface area contributed by atoms with Crippen LogP contribution in [0, 0.1) is 0 Å². The molecule has 82 valence electrons. The number of rotatable bonds is 2. The van der Waals surface area contributed by atoms with E-state index >= 15 is 0 Å². The van der Waals surface area contributed by atoms with Crippen LogP contribution in [0.15, 0.2) is 0 Å². The van der Waals surface area contributed by atoms with Crippen molar-refractivity contribution in [3.05, 3.63) is 0 Å². The lowest BCUT2D eigenvalue weighted by atomic mass is 10.0. The van der Waals surface area contributed by atoms with Crippen molar-refractivity contribution in [1.82, 2.24) is 4.90 Å². The van der Waals surface area contributed by atoms with E-state index in [2.05, 4.69) is 0 Å². The number of hydrogen-bond acceptors (Lipinski definition) is 3. The maximum Gasteiger partial charge on any atom is 0.410 e. The van der Waals surface area contributed by atoms with Crippen molar-refractivity contribution in [3.63, 3.8) is 0 Å². The van der Waals surface area contributed by atoms with Gasteiger partial charge in [-0.25, -0.2) is 4.79 Å². The number of likely N-dealkylation sites (tertiary alicyclic amines) is 1. The topological polar surface area (TPSA) is 55.6 Å². The third kappa shape index (κ3) is 2.87. The van der Waals surface area contributed by atoms with Crippen LogP contribution in [0.1, 0.15) is 33.6 Å². The number of nitrogens with two attached hydrogens (primary N) is 1. The second-order valence-corrected chi connectivity index (χ2v) is 4.69. The van der Waals surface area contributed by atoms with Crippen molar-refractivity contribution in [2.75, 3.05) is 13.1 Å². The average molecular weight is 200 g/mol. The van der Waals surface area contributed by atoms with E-state index in [9.17, 15) is 4.79 Å². The van der Waals surface area contributed by atoms with Crippen LogP contribution >= 0.6 is 0 Å². The van der Waals surface area contributed by atoms with Crippen LogP contribution in [0.25, 0.3) is 0 Å². The molecule has 4 heteroatoms. The minimum atomic E-state index is -0.403. The molecule has 0 spiro atoms. The summed E-state index contributed by atoms with van der Waals surface area (Å²) in [6.07, 6.45) is 1.72. The summed E-state index contributed by atoms with van der Waals surface area (Å²) in [5.74, 6) is 0. The summed E-state index contributed by atoms with van der Waals surface area (Å²) in [7, 11) is 0. The first-order valence-electron chi connectivity index (χ1n) is 5.14. The Morgan fingerprint density at radius 3 is 2.57 bits per heavy atom. The monoisotopic (exact) mass is 200 g/mol. The molecule has 1 rings (SSSR count). The van der Waals surface area contributed by atoms with E-state index in [1.165, 1.54) is 0 Å². The van der Waals surface area contributed by atoms with Crippen LogP contribution in [-0.4, -0.2) is 35.7 Å². The van der Waals surface area contributed by atoms with Crippen molar-refractivity contribution in [2.45, 2.75) is 45.3 Å². The van der Waals surface area contributed by atoms with Gasteiger partial charge in [0.05, 0.1) is 0 Å². The zero-order valence-corrected chi connectivity index (χ0v) is 9.25. The first-order chi connectivity index (χ1) is 6.44. The van der Waals surface area contributed by atoms with Crippen molar-refractivity contribution in [2.24, 2.45) is 5.73 Å². The van der Waals surface area contributed by atoms with Gasteiger partial charge in [0.2, 0.25) is 0 Å². The zero-order valence-electron chi connectivity index (χ0n) is 9.25. The summed E-state index contributed by atoms with van der Waals surface area (Å²) in [6, 6.07) is 0.301. The van der Waals surface area contributed by atoms with Crippen molar-refractivity contribution >= 4 is 6.09 Å². The van der Waals surface area contributed by atoms with Crippen LogP contribution in [-0.2, 0) is 4.74 Å². The third-order valence-electron chi connectivity index (χ3n) is 2.27. The second kappa shape index (κ2) is 4.17. The van der Waals surface area contributed by atoms with Gasteiger partial charge in [0.1, 0.15) is 5.60 Å². The van der Waals surface area contributed by atoms with Crippen LogP contribution in [0.4, 0.5) is 4.79 Å². The molecular formula is C10H20N2O2. The Bertz CT molecular complexity index is 211. The first-order valence-corrected chi connectivity index (χ1v) is 5.14. The van der Waals surface area contributed by atoms with Gasteiger partial charge < -0.3 is 15.4 Å². The number of hydrogen-bond donors (Lipinski definition) is 1. The smallest absolute Gasteiger partial charge is 0.410 e. The molecule has 1 amide bonds. The SMILES string of the molecule is CC(C)(C)OC(=O)N1CCC1CCN. The Labute approximate surface area is 85.4 Å². The lowest BCUT2D eigenvalue weighted by Gasteiger charge is -2.41. The Kier molecular flexibility index (Phi) is 3.37. The Morgan fingerprint density at radius 2 is 2.21 bits per heavy atom. The lowest BCUT2D eigenvalue weighted by Crippen LogP contribution is -2.53. The van der Waals surface area contributed by atoms with Gasteiger partial charge in [0.15, 0.2) is 0 Å². The van der Waals surface area contributed by atoms with Crippen molar-refractivity contribution in [3.8, 4) is 0 Å². The van der Waals surface area contributed by atoms with Gasteiger partial charge in [-0.2, -0.15) is 0 Å². The number of ether oxygens (including phenoxy) is 1. The fourth-order valence-corrected chi connectivity index (χ4v) is 1.49. The van der Waals surface area contributed by atoms with E-state index in [0.29, 0.717) is 12.6 Å². The zero-order chi connectivity index (χ0) is 10.8. The highest BCUT2D eigenvalue weighted by molar-refractivity contribution is 5.69. The van der Waals surface area contributed by atoms with Gasteiger partial charge in [-0.15, -0.1) is 0 Å². The normalized spacial score (nSPS) is 21.7. The average Bonchev–Trinajstić information content (AvgIpc) is 1.93. The van der Waals surface area contributed by atoms with Gasteiger partial charge in [0.25, 0.3) is 0 Å². The highest BCUT2D eigenvalue weighted by Gasteiger charge is 2.34. The van der Waals surface area contributed by atoms with Crippen molar-refractivity contribution in [1.29, 1.82) is 0 Å². The molecule has 0 aromatic carbocycles. The molecule has 1 heterocycles. The summed E-state index contributed by atoms with van der Waals surface area (Å²) < 4.78 is 5.26. The molecule has 0 aliphatic carbocycles. The molecule has 0 saturated carbocycles. The molecule has 4 nitrogen and oxygen atoms in total. The maximum absolute atomic E-state index is 11.6. The summed E-state index contributed by atoms with van der Waals surface area (Å²) in [6.45, 7) is 7.07. The highest BCUT2D eigenvalue weighted by atomic mass is 16.6. The minimum absolute atomic E-state index is 0.206. The van der Waals surface area contributed by atoms with Gasteiger partial charge in [-0.05, 0) is 40.2 Å². The van der Waals surface area contributed by atoms with E-state index < -0.39 is 5.60 Å². The van der Waals surface area contributed by atoms with Gasteiger partial charge >= 0.3 is 6.09 Å². The molecule has 1 fully saturated rings. The third-order valence-corrected chi connectivity index (χ3v) is 2.27. The van der Waals surface area contributed by atoms with E-state index in [1.807, 2.05) is 20.8 Å². The summed E-state index contributed by atoms with van der Waals surface area (Å²) in [5.41, 5.74) is 5.05. The standard InChI is InChI=1S/C10H20N2O2/c1-10(2,3)14-9(13)12-7-5-8(12)4-6-11/h8H,4-7,11H2,1-3H3. The molecule has 1 aliphatic rings. The Hall–Kier alpha value is -0.770. The van der Waals surface area contributed by atoms with Gasteiger partial charge in [0, 0.05) is 12.6 Å². The number of amides is 1. The van der Waals surface area contributed by atoms with E-state index in [-0.39, 0.29) is 6.09 Å². The largest absolute Gasteiger partial charge is 0.444 e. The summed E-state index contributed by atoms with van der Waals surface area (Å²) in [5, 5.41) is 0. The molecule has 14 heavy (non-hydrogen) atoms. The molecule has 1 atom stereocenters. The predicted molar refractivity (Wildman–Crippen MR) is 55.0 cm³/mol. The van der Waals surface area contributed by atoms with Gasteiger partial charge in [-0.3, -0.25) is 0 Å². The minimum Gasteiger partial charge on any atom is -0.444 e. The number of nitrogens with zero attached hydrogens (tertiary/aromatic N) is 1. The first kappa shape index (κ1) is 11.3. The number of carbonyl (C=O) groups excluding carboxylic acids is 1. The summed E-state index contributed by atoms with van der Waals surface area (Å²) >= 11 is 0. The van der Waals surface area contributed by atoms with Crippen LogP contribution in [0.3, 0.4) is 0 Å². The molecule has 0 bridgehead atoms. The fraction of sp³-hybridized carbons (Fsp3) is 0.900. The van der Waals surface area contributed by atoms with E-state index in [1.54, 1.807) is 4.90 Å². The molecule has 0 aromatic heterocycles. The fourth-order valence-electron chi connectivity index (χ4n) is 1.49. The van der Waals surface area contributed by atoms with Crippen LogP contribution in [0.5, 0.6) is 0 Å². The lowest BCUT2D eigenvalue weighted by molar-refractivity contribution is -0.00613. The van der Waals surface area contributed by atoms with E-state index in [4.69, 9.17) is 10.5 Å². The quantitative estimate of drug-likeness (QED) is 0.732. The number of carbonyl (C=O) groups is 1. The molecule has 0 aromatic rings. The maximum atomic E-state index is 11.6. The molecule has 1 aliphatic heterocycles. The highest BCUT2D eigenvalue weighted by Crippen LogP contribution is 2.22. The van der Waals surface area contributed by atoms with Crippen molar-refractivity contribution < 1.29 is 9.53 Å². The molecule has 0 radical (unpaired) electrons.